The molecule has 0 bridgehead atoms. The lowest BCUT2D eigenvalue weighted by Gasteiger charge is -2.23. The summed E-state index contributed by atoms with van der Waals surface area (Å²) >= 11 is 0. The number of rotatable bonds is 2. The zero-order valence-corrected chi connectivity index (χ0v) is 11.5. The third-order valence-electron chi connectivity index (χ3n) is 3.69. The van der Waals surface area contributed by atoms with Crippen molar-refractivity contribution in [2.24, 2.45) is 0 Å². The predicted octanol–water partition coefficient (Wildman–Crippen LogP) is 3.96. The van der Waals surface area contributed by atoms with Crippen LogP contribution in [0.3, 0.4) is 0 Å². The van der Waals surface area contributed by atoms with Gasteiger partial charge in [-0.25, -0.2) is 4.79 Å². The molecular weight excluding hydrogens is 252 g/mol. The number of hydrogen-bond donors (Lipinski definition) is 1. The Hall–Kier alpha value is -2.23. The number of amides is 2. The van der Waals surface area contributed by atoms with Gasteiger partial charge in [-0.1, -0.05) is 17.7 Å². The zero-order chi connectivity index (χ0) is 13.9. The van der Waals surface area contributed by atoms with Crippen LogP contribution in [-0.4, -0.2) is 17.5 Å². The Balaban J connectivity index is 1.71. The van der Waals surface area contributed by atoms with E-state index in [1.807, 2.05) is 48.2 Å². The summed E-state index contributed by atoms with van der Waals surface area (Å²) in [7, 11) is 0. The minimum Gasteiger partial charge on any atom is -0.467 e. The number of furan rings is 1. The first-order chi connectivity index (χ1) is 9.74. The van der Waals surface area contributed by atoms with Crippen molar-refractivity contribution in [1.29, 1.82) is 0 Å². The standard InChI is InChI=1S/C16H18N2O2/c1-12-6-8-13(9-7-12)17-16(19)18-10-2-4-14(18)15-5-3-11-20-15/h3,5-9,11,14H,2,4,10H2,1H3,(H,17,19)/t14-/m1/s1. The van der Waals surface area contributed by atoms with Crippen LogP contribution in [-0.2, 0) is 0 Å². The van der Waals surface area contributed by atoms with E-state index in [0.717, 1.165) is 30.8 Å². The van der Waals surface area contributed by atoms with Crippen molar-refractivity contribution >= 4 is 11.7 Å². The van der Waals surface area contributed by atoms with Gasteiger partial charge in [0.25, 0.3) is 0 Å². The topological polar surface area (TPSA) is 45.5 Å². The van der Waals surface area contributed by atoms with Gasteiger partial charge in [-0.2, -0.15) is 0 Å². The third-order valence-corrected chi connectivity index (χ3v) is 3.69. The van der Waals surface area contributed by atoms with Gasteiger partial charge in [-0.05, 0) is 44.0 Å². The summed E-state index contributed by atoms with van der Waals surface area (Å²) in [4.78, 5) is 14.2. The lowest BCUT2D eigenvalue weighted by atomic mass is 10.2. The van der Waals surface area contributed by atoms with E-state index in [-0.39, 0.29) is 12.1 Å². The van der Waals surface area contributed by atoms with Gasteiger partial charge in [0.05, 0.1) is 12.3 Å². The van der Waals surface area contributed by atoms with Gasteiger partial charge in [0.15, 0.2) is 0 Å². The number of carbonyl (C=O) groups excluding carboxylic acids is 1. The van der Waals surface area contributed by atoms with E-state index < -0.39 is 0 Å². The predicted molar refractivity (Wildman–Crippen MR) is 77.6 cm³/mol. The SMILES string of the molecule is Cc1ccc(NC(=O)N2CCC[C@@H]2c2ccco2)cc1. The van der Waals surface area contributed by atoms with Crippen LogP contribution in [0.15, 0.2) is 47.1 Å². The van der Waals surface area contributed by atoms with Gasteiger partial charge in [-0.3, -0.25) is 0 Å². The fourth-order valence-electron chi connectivity index (χ4n) is 2.62. The van der Waals surface area contributed by atoms with E-state index >= 15 is 0 Å². The Kier molecular flexibility index (Phi) is 3.46. The van der Waals surface area contributed by atoms with Crippen LogP contribution in [0, 0.1) is 6.92 Å². The lowest BCUT2D eigenvalue weighted by Crippen LogP contribution is -2.34. The highest BCUT2D eigenvalue weighted by molar-refractivity contribution is 5.89. The average Bonchev–Trinajstić information content (AvgIpc) is 3.11. The van der Waals surface area contributed by atoms with Crippen molar-refractivity contribution in [3.05, 3.63) is 54.0 Å². The smallest absolute Gasteiger partial charge is 0.322 e. The Morgan fingerprint density at radius 3 is 2.80 bits per heavy atom. The third kappa shape index (κ3) is 2.54. The number of nitrogens with zero attached hydrogens (tertiary/aromatic N) is 1. The van der Waals surface area contributed by atoms with Crippen molar-refractivity contribution in [2.45, 2.75) is 25.8 Å². The molecule has 1 aromatic heterocycles. The van der Waals surface area contributed by atoms with Crippen molar-refractivity contribution in [3.8, 4) is 0 Å². The highest BCUT2D eigenvalue weighted by Gasteiger charge is 2.31. The van der Waals surface area contributed by atoms with Crippen molar-refractivity contribution in [2.75, 3.05) is 11.9 Å². The second-order valence-electron chi connectivity index (χ2n) is 5.16. The lowest BCUT2D eigenvalue weighted by molar-refractivity contribution is 0.200. The molecule has 4 nitrogen and oxygen atoms in total. The zero-order valence-electron chi connectivity index (χ0n) is 11.5. The number of urea groups is 1. The Labute approximate surface area is 118 Å². The fourth-order valence-corrected chi connectivity index (χ4v) is 2.62. The molecule has 1 saturated heterocycles. The average molecular weight is 270 g/mol. The molecule has 3 rings (SSSR count). The van der Waals surface area contributed by atoms with Crippen LogP contribution in [0.5, 0.6) is 0 Å². The van der Waals surface area contributed by atoms with Crippen LogP contribution in [0.4, 0.5) is 10.5 Å². The van der Waals surface area contributed by atoms with E-state index in [9.17, 15) is 4.79 Å². The normalized spacial score (nSPS) is 18.2. The molecule has 1 aliphatic rings. The molecular formula is C16H18N2O2. The van der Waals surface area contributed by atoms with E-state index in [0.29, 0.717) is 0 Å². The second kappa shape index (κ2) is 5.41. The molecule has 2 heterocycles. The molecule has 0 aliphatic carbocycles. The maximum absolute atomic E-state index is 12.4. The molecule has 2 amide bonds. The number of anilines is 1. The maximum Gasteiger partial charge on any atom is 0.322 e. The molecule has 2 aromatic rings. The van der Waals surface area contributed by atoms with Crippen LogP contribution in [0.2, 0.25) is 0 Å². The molecule has 0 unspecified atom stereocenters. The minimum atomic E-state index is -0.0623. The summed E-state index contributed by atoms with van der Waals surface area (Å²) in [5, 5.41) is 2.95. The van der Waals surface area contributed by atoms with Gasteiger partial charge in [0.1, 0.15) is 5.76 Å². The van der Waals surface area contributed by atoms with Gasteiger partial charge < -0.3 is 14.6 Å². The van der Waals surface area contributed by atoms with E-state index in [1.165, 1.54) is 5.56 Å². The van der Waals surface area contributed by atoms with E-state index in [4.69, 9.17) is 4.42 Å². The van der Waals surface area contributed by atoms with Gasteiger partial charge in [0, 0.05) is 12.2 Å². The number of aryl methyl sites for hydroxylation is 1. The molecule has 1 N–H and O–H groups in total. The molecule has 0 saturated carbocycles. The van der Waals surface area contributed by atoms with E-state index in [1.54, 1.807) is 6.26 Å². The molecule has 4 heteroatoms. The molecule has 1 fully saturated rings. The van der Waals surface area contributed by atoms with Gasteiger partial charge in [0.2, 0.25) is 0 Å². The summed E-state index contributed by atoms with van der Waals surface area (Å²) in [6, 6.07) is 11.6. The first-order valence-electron chi connectivity index (χ1n) is 6.92. The number of nitrogens with one attached hydrogen (secondary N) is 1. The van der Waals surface area contributed by atoms with Crippen LogP contribution >= 0.6 is 0 Å². The first kappa shape index (κ1) is 12.8. The number of hydrogen-bond acceptors (Lipinski definition) is 2. The van der Waals surface area contributed by atoms with Crippen molar-refractivity contribution < 1.29 is 9.21 Å². The summed E-state index contributed by atoms with van der Waals surface area (Å²) in [5.74, 6) is 0.863. The summed E-state index contributed by atoms with van der Waals surface area (Å²) in [6.07, 6.45) is 3.62. The summed E-state index contributed by atoms with van der Waals surface area (Å²) in [6.45, 7) is 2.79. The Morgan fingerprint density at radius 2 is 2.10 bits per heavy atom. The molecule has 0 spiro atoms. The Bertz CT molecular complexity index is 575. The van der Waals surface area contributed by atoms with E-state index in [2.05, 4.69) is 5.32 Å². The molecule has 20 heavy (non-hydrogen) atoms. The highest BCUT2D eigenvalue weighted by atomic mass is 16.3. The van der Waals surface area contributed by atoms with Crippen LogP contribution in [0.1, 0.15) is 30.2 Å². The van der Waals surface area contributed by atoms with Crippen LogP contribution < -0.4 is 5.32 Å². The van der Waals surface area contributed by atoms with Crippen molar-refractivity contribution in [1.82, 2.24) is 4.90 Å². The van der Waals surface area contributed by atoms with Gasteiger partial charge >= 0.3 is 6.03 Å². The summed E-state index contributed by atoms with van der Waals surface area (Å²) in [5.41, 5.74) is 2.00. The largest absolute Gasteiger partial charge is 0.467 e. The number of carbonyl (C=O) groups is 1. The van der Waals surface area contributed by atoms with Gasteiger partial charge in [-0.15, -0.1) is 0 Å². The van der Waals surface area contributed by atoms with Crippen LogP contribution in [0.25, 0.3) is 0 Å². The number of likely N-dealkylation sites (tertiary alicyclic amines) is 1. The first-order valence-corrected chi connectivity index (χ1v) is 6.92. The number of benzene rings is 1. The molecule has 104 valence electrons. The maximum atomic E-state index is 12.4. The minimum absolute atomic E-state index is 0.0513. The molecule has 1 aromatic carbocycles. The van der Waals surface area contributed by atoms with Crippen molar-refractivity contribution in [3.63, 3.8) is 0 Å². The monoisotopic (exact) mass is 270 g/mol. The highest BCUT2D eigenvalue weighted by Crippen LogP contribution is 2.32. The molecule has 1 aliphatic heterocycles. The Morgan fingerprint density at radius 1 is 1.30 bits per heavy atom. The quantitative estimate of drug-likeness (QED) is 0.897. The summed E-state index contributed by atoms with van der Waals surface area (Å²) < 4.78 is 5.44. The second-order valence-corrected chi connectivity index (χ2v) is 5.16. The molecule has 1 atom stereocenters. The molecule has 0 radical (unpaired) electrons. The fraction of sp³-hybridized carbons (Fsp3) is 0.312.